The van der Waals surface area contributed by atoms with Crippen LogP contribution in [-0.4, -0.2) is 63.6 Å². The van der Waals surface area contributed by atoms with Crippen LogP contribution in [-0.2, 0) is 40.3 Å². The maximum atomic E-state index is 12.8. The van der Waals surface area contributed by atoms with E-state index < -0.39 is 37.7 Å². The summed E-state index contributed by atoms with van der Waals surface area (Å²) in [6.07, 6.45) is -7.98. The van der Waals surface area contributed by atoms with E-state index in [1.165, 1.54) is 0 Å². The molecular formula is C52H66B4F6O8. The van der Waals surface area contributed by atoms with Gasteiger partial charge in [0.15, 0.2) is 0 Å². The lowest BCUT2D eigenvalue weighted by molar-refractivity contribution is -0.138. The summed E-state index contributed by atoms with van der Waals surface area (Å²) >= 11 is 0. The molecule has 0 amide bonds. The van der Waals surface area contributed by atoms with Gasteiger partial charge in [0, 0.05) is 5.46 Å². The second kappa shape index (κ2) is 22.8. The van der Waals surface area contributed by atoms with E-state index in [1.807, 2.05) is 67.6 Å². The summed E-state index contributed by atoms with van der Waals surface area (Å²) in [5, 5.41) is 0. The molecule has 376 valence electrons. The maximum Gasteiger partial charge on any atom is 0.632 e. The molecule has 1 atom stereocenters. The zero-order valence-electron chi connectivity index (χ0n) is 40.4. The van der Waals surface area contributed by atoms with Crippen LogP contribution in [0, 0.1) is 13.8 Å². The van der Waals surface area contributed by atoms with Crippen molar-refractivity contribution in [2.75, 3.05) is 6.61 Å². The molecule has 0 saturated carbocycles. The van der Waals surface area contributed by atoms with Crippen LogP contribution in [0.3, 0.4) is 0 Å². The van der Waals surface area contributed by atoms with Gasteiger partial charge in [0.1, 0.15) is 11.5 Å². The summed E-state index contributed by atoms with van der Waals surface area (Å²) in [7, 11) is -2.00. The number of rotatable bonds is 5. The smallest absolute Gasteiger partial charge is 0.519 e. The Morgan fingerprint density at radius 2 is 0.814 bits per heavy atom. The topological polar surface area (TPSA) is 73.8 Å². The van der Waals surface area contributed by atoms with E-state index >= 15 is 0 Å². The van der Waals surface area contributed by atoms with Crippen molar-refractivity contribution in [2.24, 2.45) is 0 Å². The Bertz CT molecular complexity index is 2330. The lowest BCUT2D eigenvalue weighted by atomic mass is 9.77. The van der Waals surface area contributed by atoms with E-state index in [-0.39, 0.29) is 57.6 Å². The Hall–Kier alpha value is -4.70. The van der Waals surface area contributed by atoms with E-state index in [4.69, 9.17) is 37.2 Å². The van der Waals surface area contributed by atoms with Gasteiger partial charge < -0.3 is 37.2 Å². The van der Waals surface area contributed by atoms with Gasteiger partial charge in [-0.25, -0.2) is 0 Å². The minimum atomic E-state index is -4.38. The van der Waals surface area contributed by atoms with Crippen molar-refractivity contribution in [3.05, 3.63) is 144 Å². The van der Waals surface area contributed by atoms with Gasteiger partial charge in [0.05, 0.1) is 46.2 Å². The van der Waals surface area contributed by atoms with E-state index in [0.29, 0.717) is 40.2 Å². The molecule has 0 radical (unpaired) electrons. The maximum absolute atomic E-state index is 12.8. The molecule has 0 spiro atoms. The molecule has 0 aromatic heterocycles. The standard InChI is InChI=1S/C14H10BF3O2.C12H14BF3O2.2C12H17BO2.2CH4/c1-9-6-10(14(16,17)18)8-11(7-9)15-19-12-4-2-3-5-13(12)20-15;1-3-11-7-17-13(18-11)10-5-8(2)4-9(6-10)12(14,15)16;2*1-11(2)12(3,4)15-13(14-11)10-8-6-5-7-9-10;;/h2-8H,1H3;4-6,11H,3,7H2,1-2H3;2*5-9H,1-4H3;2*1H4. The van der Waals surface area contributed by atoms with Gasteiger partial charge in [-0.15, -0.1) is 0 Å². The van der Waals surface area contributed by atoms with Crippen molar-refractivity contribution in [3.8, 4) is 11.5 Å². The SMILES string of the molecule is C.C.CC1(C)OB(c2ccccc2)OC1(C)C.CC1(C)OB(c2ccccc2)OC1(C)C.CCC1COB(c2cc(C)cc(C(F)(F)F)c2)O1.Cc1cc(B2Oc3ccccc3O2)cc(C(F)(F)F)c1. The molecule has 3 fully saturated rings. The summed E-state index contributed by atoms with van der Waals surface area (Å²) in [6.45, 7) is 22.1. The Balaban J connectivity index is 0.000000203. The molecule has 5 aromatic rings. The van der Waals surface area contributed by atoms with Gasteiger partial charge in [-0.2, -0.15) is 26.3 Å². The van der Waals surface area contributed by atoms with Crippen LogP contribution >= 0.6 is 0 Å². The first-order chi connectivity index (χ1) is 31.7. The first kappa shape index (κ1) is 57.9. The van der Waals surface area contributed by atoms with E-state index in [9.17, 15) is 26.3 Å². The number of hydrogen-bond acceptors (Lipinski definition) is 8. The fraction of sp³-hybridized carbons (Fsp3) is 0.423. The van der Waals surface area contributed by atoms with Gasteiger partial charge in [-0.1, -0.05) is 124 Å². The molecule has 0 N–H and O–H groups in total. The summed E-state index contributed by atoms with van der Waals surface area (Å²) in [4.78, 5) is 0. The summed E-state index contributed by atoms with van der Waals surface area (Å²) in [6, 6.07) is 34.8. The molecule has 0 bridgehead atoms. The summed E-state index contributed by atoms with van der Waals surface area (Å²) in [5.41, 5.74) is 1.62. The van der Waals surface area contributed by atoms with E-state index in [1.54, 1.807) is 50.2 Å². The zero-order valence-corrected chi connectivity index (χ0v) is 40.4. The quantitative estimate of drug-likeness (QED) is 0.127. The van der Waals surface area contributed by atoms with E-state index in [0.717, 1.165) is 41.6 Å². The fourth-order valence-corrected chi connectivity index (χ4v) is 7.28. The Kier molecular flexibility index (Phi) is 18.9. The number of fused-ring (bicyclic) bond motifs is 1. The summed E-state index contributed by atoms with van der Waals surface area (Å²) < 4.78 is 122. The molecule has 70 heavy (non-hydrogen) atoms. The van der Waals surface area contributed by atoms with Crippen LogP contribution < -0.4 is 31.2 Å². The largest absolute Gasteiger partial charge is 0.632 e. The third-order valence-electron chi connectivity index (χ3n) is 12.6. The number of alkyl halides is 6. The Morgan fingerprint density at radius 3 is 1.14 bits per heavy atom. The number of para-hydroxylation sites is 2. The Morgan fingerprint density at radius 1 is 0.471 bits per heavy atom. The average Bonchev–Trinajstić information content (AvgIpc) is 4.03. The lowest BCUT2D eigenvalue weighted by Gasteiger charge is -2.32. The van der Waals surface area contributed by atoms with Gasteiger partial charge >= 0.3 is 40.8 Å². The minimum absolute atomic E-state index is 0. The van der Waals surface area contributed by atoms with Crippen molar-refractivity contribution in [3.63, 3.8) is 0 Å². The highest BCUT2D eigenvalue weighted by molar-refractivity contribution is 6.64. The van der Waals surface area contributed by atoms with Crippen LogP contribution in [0.1, 0.15) is 106 Å². The third kappa shape index (κ3) is 14.3. The first-order valence-corrected chi connectivity index (χ1v) is 22.6. The van der Waals surface area contributed by atoms with Gasteiger partial charge in [0.2, 0.25) is 0 Å². The molecule has 1 unspecified atom stereocenters. The molecule has 0 aliphatic carbocycles. The average molecular weight is 976 g/mol. The number of aryl methyl sites for hydroxylation is 2. The molecule has 3 saturated heterocycles. The second-order valence-electron chi connectivity index (χ2n) is 19.1. The van der Waals surface area contributed by atoms with Crippen molar-refractivity contribution >= 4 is 50.3 Å². The van der Waals surface area contributed by atoms with Crippen LogP contribution in [0.5, 0.6) is 11.5 Å². The number of benzene rings is 5. The van der Waals surface area contributed by atoms with Crippen molar-refractivity contribution in [1.82, 2.24) is 0 Å². The highest BCUT2D eigenvalue weighted by Gasteiger charge is 2.52. The highest BCUT2D eigenvalue weighted by Crippen LogP contribution is 2.38. The Labute approximate surface area is 412 Å². The minimum Gasteiger partial charge on any atom is -0.519 e. The highest BCUT2D eigenvalue weighted by atomic mass is 19.4. The first-order valence-electron chi connectivity index (χ1n) is 22.6. The molecule has 18 heteroatoms. The van der Waals surface area contributed by atoms with Crippen LogP contribution in [0.4, 0.5) is 26.3 Å². The lowest BCUT2D eigenvalue weighted by Crippen LogP contribution is -2.41. The molecule has 5 aromatic carbocycles. The molecule has 4 heterocycles. The van der Waals surface area contributed by atoms with Crippen molar-refractivity contribution in [2.45, 2.75) is 138 Å². The second-order valence-corrected chi connectivity index (χ2v) is 19.1. The molecule has 4 aliphatic rings. The van der Waals surface area contributed by atoms with Crippen LogP contribution in [0.2, 0.25) is 0 Å². The zero-order chi connectivity index (χ0) is 49.9. The molecule has 9 rings (SSSR count). The number of halogens is 6. The molecule has 4 aliphatic heterocycles. The van der Waals surface area contributed by atoms with E-state index in [2.05, 4.69) is 55.4 Å². The monoisotopic (exact) mass is 977 g/mol. The van der Waals surface area contributed by atoms with Crippen molar-refractivity contribution < 1.29 is 63.6 Å². The fourth-order valence-electron chi connectivity index (χ4n) is 7.28. The molecule has 8 nitrogen and oxygen atoms in total. The van der Waals surface area contributed by atoms with Crippen LogP contribution in [0.25, 0.3) is 0 Å². The van der Waals surface area contributed by atoms with Gasteiger partial charge in [-0.05, 0) is 122 Å². The third-order valence-corrected chi connectivity index (χ3v) is 12.6. The normalized spacial score (nSPS) is 19.1. The van der Waals surface area contributed by atoms with Gasteiger partial charge in [0.25, 0.3) is 0 Å². The van der Waals surface area contributed by atoms with Crippen LogP contribution in [0.15, 0.2) is 121 Å². The number of hydrogen-bond donors (Lipinski definition) is 0. The predicted octanol–water partition coefficient (Wildman–Crippen LogP) is 11.0. The van der Waals surface area contributed by atoms with Crippen molar-refractivity contribution in [1.29, 1.82) is 0 Å². The summed E-state index contributed by atoms with van der Waals surface area (Å²) in [5.74, 6) is 1.07. The predicted molar refractivity (Wildman–Crippen MR) is 270 cm³/mol. The van der Waals surface area contributed by atoms with Gasteiger partial charge in [-0.3, -0.25) is 0 Å². The molecular weight excluding hydrogens is 910 g/mol.